The maximum Gasteiger partial charge on any atom is 0.115 e. The molecule has 0 radical (unpaired) electrons. The molecule has 1 aliphatic carbocycles. The summed E-state index contributed by atoms with van der Waals surface area (Å²) in [5, 5.41) is 10.6. The van der Waals surface area contributed by atoms with E-state index in [9.17, 15) is 5.11 Å². The van der Waals surface area contributed by atoms with Crippen LogP contribution < -0.4 is 5.73 Å². The number of rotatable bonds is 4. The van der Waals surface area contributed by atoms with Gasteiger partial charge < -0.3 is 10.8 Å². The summed E-state index contributed by atoms with van der Waals surface area (Å²) in [5.74, 6) is 0.679. The van der Waals surface area contributed by atoms with Crippen molar-refractivity contribution in [1.82, 2.24) is 9.97 Å². The fourth-order valence-corrected chi connectivity index (χ4v) is 3.19. The monoisotopic (exact) mass is 249 g/mol. The Labute approximate surface area is 109 Å². The largest absolute Gasteiger partial charge is 0.386 e. The first-order valence-electron chi connectivity index (χ1n) is 6.86. The van der Waals surface area contributed by atoms with Crippen LogP contribution in [0.5, 0.6) is 0 Å². The maximum atomic E-state index is 10.6. The van der Waals surface area contributed by atoms with E-state index in [1.807, 2.05) is 0 Å². The molecule has 3 atom stereocenters. The lowest BCUT2D eigenvalue weighted by Crippen LogP contribution is -2.41. The number of hydrogen-bond acceptors (Lipinski definition) is 4. The van der Waals surface area contributed by atoms with Gasteiger partial charge in [-0.3, -0.25) is 0 Å². The number of aromatic nitrogens is 2. The number of aliphatic hydroxyl groups excluding tert-OH is 1. The van der Waals surface area contributed by atoms with Crippen LogP contribution in [0.25, 0.3) is 0 Å². The van der Waals surface area contributed by atoms with Crippen LogP contribution in [0.1, 0.15) is 50.8 Å². The molecule has 100 valence electrons. The Morgan fingerprint density at radius 1 is 1.61 bits per heavy atom. The van der Waals surface area contributed by atoms with Crippen LogP contribution >= 0.6 is 0 Å². The van der Waals surface area contributed by atoms with E-state index in [0.717, 1.165) is 25.7 Å². The highest BCUT2D eigenvalue weighted by atomic mass is 16.3. The van der Waals surface area contributed by atoms with Crippen LogP contribution in [0, 0.1) is 11.3 Å². The first-order chi connectivity index (χ1) is 8.72. The van der Waals surface area contributed by atoms with Crippen molar-refractivity contribution in [3.05, 3.63) is 24.3 Å². The molecular weight excluding hydrogens is 226 g/mol. The molecule has 18 heavy (non-hydrogen) atoms. The van der Waals surface area contributed by atoms with Gasteiger partial charge in [-0.25, -0.2) is 9.97 Å². The summed E-state index contributed by atoms with van der Waals surface area (Å²) in [4.78, 5) is 8.08. The topological polar surface area (TPSA) is 72.0 Å². The molecule has 4 heteroatoms. The summed E-state index contributed by atoms with van der Waals surface area (Å²) in [7, 11) is 0. The van der Waals surface area contributed by atoms with E-state index in [1.54, 1.807) is 12.3 Å². The minimum Gasteiger partial charge on any atom is -0.386 e. The van der Waals surface area contributed by atoms with E-state index in [1.165, 1.54) is 12.7 Å². The summed E-state index contributed by atoms with van der Waals surface area (Å²) in [5.41, 5.74) is 6.49. The first kappa shape index (κ1) is 13.4. The molecule has 0 bridgehead atoms. The molecule has 1 fully saturated rings. The molecule has 1 aliphatic rings. The van der Waals surface area contributed by atoms with Gasteiger partial charge in [-0.05, 0) is 24.8 Å². The Morgan fingerprint density at radius 3 is 3.06 bits per heavy atom. The first-order valence-corrected chi connectivity index (χ1v) is 6.86. The normalized spacial score (nSPS) is 30.1. The molecule has 0 amide bonds. The summed E-state index contributed by atoms with van der Waals surface area (Å²) < 4.78 is 0. The quantitative estimate of drug-likeness (QED) is 0.856. The Hall–Kier alpha value is -1.00. The third-order valence-electron chi connectivity index (χ3n) is 4.43. The molecule has 1 aromatic heterocycles. The Kier molecular flexibility index (Phi) is 4.30. The Bertz CT molecular complexity index is 371. The molecule has 1 heterocycles. The Morgan fingerprint density at radius 2 is 2.44 bits per heavy atom. The summed E-state index contributed by atoms with van der Waals surface area (Å²) in [6.45, 7) is 2.74. The number of nitrogens with two attached hydrogens (primary N) is 1. The van der Waals surface area contributed by atoms with Crippen LogP contribution in [0.2, 0.25) is 0 Å². The van der Waals surface area contributed by atoms with Gasteiger partial charge in [0.2, 0.25) is 0 Å². The zero-order valence-electron chi connectivity index (χ0n) is 11.0. The molecule has 0 saturated heterocycles. The molecular formula is C14H23N3O. The van der Waals surface area contributed by atoms with E-state index in [-0.39, 0.29) is 5.41 Å². The molecule has 1 saturated carbocycles. The molecule has 2 rings (SSSR count). The van der Waals surface area contributed by atoms with E-state index < -0.39 is 6.10 Å². The third-order valence-corrected chi connectivity index (χ3v) is 4.43. The second-order valence-electron chi connectivity index (χ2n) is 5.47. The highest BCUT2D eigenvalue weighted by Gasteiger charge is 2.41. The van der Waals surface area contributed by atoms with Gasteiger partial charge in [-0.1, -0.05) is 26.2 Å². The second-order valence-corrected chi connectivity index (χ2v) is 5.47. The Balaban J connectivity index is 2.21. The fourth-order valence-electron chi connectivity index (χ4n) is 3.19. The van der Waals surface area contributed by atoms with E-state index in [2.05, 4.69) is 16.9 Å². The van der Waals surface area contributed by atoms with Crippen LogP contribution in [0.15, 0.2) is 18.6 Å². The van der Waals surface area contributed by atoms with Crippen molar-refractivity contribution in [2.24, 2.45) is 17.1 Å². The van der Waals surface area contributed by atoms with Crippen molar-refractivity contribution in [2.45, 2.75) is 45.1 Å². The zero-order valence-corrected chi connectivity index (χ0v) is 11.0. The lowest BCUT2D eigenvalue weighted by Gasteiger charge is -2.43. The number of aliphatic hydroxyl groups is 1. The molecule has 0 spiro atoms. The average molecular weight is 249 g/mol. The lowest BCUT2D eigenvalue weighted by atomic mass is 9.65. The molecule has 3 N–H and O–H groups in total. The van der Waals surface area contributed by atoms with Gasteiger partial charge in [0.15, 0.2) is 0 Å². The van der Waals surface area contributed by atoms with E-state index in [0.29, 0.717) is 18.2 Å². The molecule has 1 aromatic rings. The minimum atomic E-state index is -0.570. The van der Waals surface area contributed by atoms with Crippen molar-refractivity contribution in [3.8, 4) is 0 Å². The van der Waals surface area contributed by atoms with Crippen molar-refractivity contribution >= 4 is 0 Å². The van der Waals surface area contributed by atoms with Gasteiger partial charge >= 0.3 is 0 Å². The van der Waals surface area contributed by atoms with Gasteiger partial charge in [-0.2, -0.15) is 0 Å². The molecule has 0 aromatic carbocycles. The molecule has 0 aliphatic heterocycles. The highest BCUT2D eigenvalue weighted by molar-refractivity contribution is 5.09. The van der Waals surface area contributed by atoms with E-state index >= 15 is 0 Å². The van der Waals surface area contributed by atoms with Gasteiger partial charge in [0, 0.05) is 18.2 Å². The average Bonchev–Trinajstić information content (AvgIpc) is 2.47. The van der Waals surface area contributed by atoms with Crippen LogP contribution in [-0.2, 0) is 0 Å². The molecule has 4 nitrogen and oxygen atoms in total. The van der Waals surface area contributed by atoms with Crippen LogP contribution in [-0.4, -0.2) is 21.6 Å². The van der Waals surface area contributed by atoms with Gasteiger partial charge in [0.25, 0.3) is 0 Å². The third kappa shape index (κ3) is 2.54. The summed E-state index contributed by atoms with van der Waals surface area (Å²) in [6.07, 6.45) is 8.17. The SMILES string of the molecule is CCC1CCCC(CN)(C(O)c2ccncn2)C1. The number of nitrogens with zero attached hydrogens (tertiary/aromatic N) is 2. The standard InChI is InChI=1S/C14H23N3O/c1-2-11-4-3-6-14(8-11,9-15)13(18)12-5-7-16-10-17-12/h5,7,10-11,13,18H,2-4,6,8-9,15H2,1H3. The van der Waals surface area contributed by atoms with Gasteiger partial charge in [0.05, 0.1) is 5.69 Å². The minimum absolute atomic E-state index is 0.201. The predicted octanol–water partition coefficient (Wildman–Crippen LogP) is 2.06. The highest BCUT2D eigenvalue weighted by Crippen LogP contribution is 2.47. The summed E-state index contributed by atoms with van der Waals surface area (Å²) >= 11 is 0. The van der Waals surface area contributed by atoms with E-state index in [4.69, 9.17) is 5.73 Å². The van der Waals surface area contributed by atoms with Crippen molar-refractivity contribution in [2.75, 3.05) is 6.54 Å². The summed E-state index contributed by atoms with van der Waals surface area (Å²) in [6, 6.07) is 1.79. The lowest BCUT2D eigenvalue weighted by molar-refractivity contribution is -0.0188. The van der Waals surface area contributed by atoms with Gasteiger partial charge in [-0.15, -0.1) is 0 Å². The maximum absolute atomic E-state index is 10.6. The van der Waals surface area contributed by atoms with Gasteiger partial charge in [0.1, 0.15) is 12.4 Å². The van der Waals surface area contributed by atoms with Crippen molar-refractivity contribution in [1.29, 1.82) is 0 Å². The zero-order chi connectivity index (χ0) is 13.0. The van der Waals surface area contributed by atoms with Crippen LogP contribution in [0.3, 0.4) is 0 Å². The smallest absolute Gasteiger partial charge is 0.115 e. The number of hydrogen-bond donors (Lipinski definition) is 2. The predicted molar refractivity (Wildman–Crippen MR) is 70.7 cm³/mol. The second kappa shape index (κ2) is 5.76. The van der Waals surface area contributed by atoms with Crippen molar-refractivity contribution < 1.29 is 5.11 Å². The molecule has 3 unspecified atom stereocenters. The van der Waals surface area contributed by atoms with Crippen molar-refractivity contribution in [3.63, 3.8) is 0 Å². The van der Waals surface area contributed by atoms with Crippen LogP contribution in [0.4, 0.5) is 0 Å². The fraction of sp³-hybridized carbons (Fsp3) is 0.714.